The van der Waals surface area contributed by atoms with Crippen molar-refractivity contribution < 1.29 is 31.8 Å². The van der Waals surface area contributed by atoms with E-state index in [0.29, 0.717) is 0 Å². The molecule has 0 saturated carbocycles. The second kappa shape index (κ2) is 5.85. The Labute approximate surface area is 115 Å². The van der Waals surface area contributed by atoms with E-state index in [4.69, 9.17) is 15.4 Å². The molecule has 11 heteroatoms. The molecule has 0 heterocycles. The van der Waals surface area contributed by atoms with E-state index in [2.05, 4.69) is 0 Å². The van der Waals surface area contributed by atoms with Crippen LogP contribution in [-0.2, 0) is 24.8 Å². The second-order valence-electron chi connectivity index (χ2n) is 3.73. The minimum absolute atomic E-state index is 0.404. The molecule has 0 fully saturated rings. The Morgan fingerprint density at radius 2 is 1.80 bits per heavy atom. The van der Waals surface area contributed by atoms with Crippen molar-refractivity contribution in [2.45, 2.75) is 15.9 Å². The van der Waals surface area contributed by atoms with Crippen LogP contribution in [0.2, 0.25) is 0 Å². The molecule has 0 aromatic heterocycles. The van der Waals surface area contributed by atoms with Crippen molar-refractivity contribution in [2.24, 2.45) is 5.14 Å². The van der Waals surface area contributed by atoms with Crippen LogP contribution in [0.1, 0.15) is 0 Å². The molecular formula is C9H12N2O7S2. The number of carboxylic acid groups (broad SMARTS) is 1. The molecule has 0 unspecified atom stereocenters. The van der Waals surface area contributed by atoms with E-state index < -0.39 is 48.5 Å². The molecule has 0 radical (unpaired) electrons. The number of benzene rings is 1. The number of carboxylic acids is 1. The average Bonchev–Trinajstić information content (AvgIpc) is 2.35. The number of nitrogens with one attached hydrogen (secondary N) is 1. The normalized spacial score (nSPS) is 13.9. The molecule has 20 heavy (non-hydrogen) atoms. The van der Waals surface area contributed by atoms with E-state index in [-0.39, 0.29) is 0 Å². The molecule has 0 spiro atoms. The topological polar surface area (TPSA) is 164 Å². The van der Waals surface area contributed by atoms with Gasteiger partial charge in [0.25, 0.3) is 0 Å². The quantitative estimate of drug-likeness (QED) is 0.472. The maximum atomic E-state index is 11.8. The van der Waals surface area contributed by atoms with Crippen LogP contribution in [0.4, 0.5) is 0 Å². The van der Waals surface area contributed by atoms with Gasteiger partial charge in [-0.15, -0.1) is 0 Å². The zero-order valence-electron chi connectivity index (χ0n) is 9.92. The summed E-state index contributed by atoms with van der Waals surface area (Å²) < 4.78 is 47.6. The first-order chi connectivity index (χ1) is 9.04. The van der Waals surface area contributed by atoms with Crippen molar-refractivity contribution >= 4 is 26.0 Å². The van der Waals surface area contributed by atoms with Gasteiger partial charge in [-0.25, -0.2) is 31.5 Å². The Morgan fingerprint density at radius 1 is 1.25 bits per heavy atom. The largest absolute Gasteiger partial charge is 0.479 e. The number of aliphatic carboxylic acids is 1. The molecule has 112 valence electrons. The number of hydrogen-bond donors (Lipinski definition) is 4. The van der Waals surface area contributed by atoms with Crippen LogP contribution in [-0.4, -0.2) is 45.7 Å². The summed E-state index contributed by atoms with van der Waals surface area (Å²) in [6.07, 6.45) is -1.91. The Balaban J connectivity index is 3.02. The van der Waals surface area contributed by atoms with E-state index in [1.165, 1.54) is 6.07 Å². The number of hydrogen-bond acceptors (Lipinski definition) is 6. The lowest BCUT2D eigenvalue weighted by Gasteiger charge is -2.09. The smallest absolute Gasteiger partial charge is 0.333 e. The van der Waals surface area contributed by atoms with Crippen molar-refractivity contribution in [3.63, 3.8) is 0 Å². The Bertz CT molecular complexity index is 712. The van der Waals surface area contributed by atoms with Crippen LogP contribution in [0.5, 0.6) is 0 Å². The summed E-state index contributed by atoms with van der Waals surface area (Å²) in [4.78, 5) is 9.54. The van der Waals surface area contributed by atoms with Gasteiger partial charge >= 0.3 is 5.97 Å². The maximum Gasteiger partial charge on any atom is 0.333 e. The monoisotopic (exact) mass is 324 g/mol. The summed E-state index contributed by atoms with van der Waals surface area (Å²) in [5.74, 6) is -1.59. The van der Waals surface area contributed by atoms with Gasteiger partial charge < -0.3 is 10.2 Å². The first-order valence-corrected chi connectivity index (χ1v) is 8.10. The number of sulfonamides is 2. The van der Waals surface area contributed by atoms with Crippen molar-refractivity contribution in [1.29, 1.82) is 0 Å². The first-order valence-electron chi connectivity index (χ1n) is 5.07. The summed E-state index contributed by atoms with van der Waals surface area (Å²) in [5, 5.41) is 22.3. The molecule has 1 aromatic rings. The van der Waals surface area contributed by atoms with Crippen molar-refractivity contribution in [3.05, 3.63) is 24.3 Å². The van der Waals surface area contributed by atoms with Crippen molar-refractivity contribution in [2.75, 3.05) is 6.54 Å². The summed E-state index contributed by atoms with van der Waals surface area (Å²) in [6, 6.07) is 4.21. The summed E-state index contributed by atoms with van der Waals surface area (Å²) in [6.45, 7) is -0.753. The molecule has 1 aromatic carbocycles. The van der Waals surface area contributed by atoms with Gasteiger partial charge in [0.15, 0.2) is 6.10 Å². The average molecular weight is 324 g/mol. The summed E-state index contributed by atoms with van der Waals surface area (Å²) in [7, 11) is -8.23. The molecule has 0 aliphatic rings. The zero-order chi connectivity index (χ0) is 15.6. The van der Waals surface area contributed by atoms with Gasteiger partial charge in [0.1, 0.15) is 0 Å². The second-order valence-corrected chi connectivity index (χ2v) is 7.05. The van der Waals surface area contributed by atoms with Gasteiger partial charge in [0, 0.05) is 6.54 Å². The lowest BCUT2D eigenvalue weighted by atomic mass is 10.4. The maximum absolute atomic E-state index is 11.8. The van der Waals surface area contributed by atoms with Gasteiger partial charge in [-0.05, 0) is 18.2 Å². The zero-order valence-corrected chi connectivity index (χ0v) is 11.6. The predicted octanol–water partition coefficient (Wildman–Crippen LogP) is -1.94. The fraction of sp³-hybridized carbons (Fsp3) is 0.222. The molecule has 0 amide bonds. The van der Waals surface area contributed by atoms with Crippen LogP contribution in [0.25, 0.3) is 0 Å². The Hall–Kier alpha value is -1.53. The highest BCUT2D eigenvalue weighted by molar-refractivity contribution is 7.90. The molecule has 0 bridgehead atoms. The lowest BCUT2D eigenvalue weighted by Crippen LogP contribution is -2.36. The van der Waals surface area contributed by atoms with E-state index in [0.717, 1.165) is 18.2 Å². The molecule has 1 atom stereocenters. The van der Waals surface area contributed by atoms with Gasteiger partial charge in [-0.1, -0.05) is 6.07 Å². The third-order valence-corrected chi connectivity index (χ3v) is 4.53. The number of rotatable bonds is 6. The number of aliphatic hydroxyl groups is 1. The van der Waals surface area contributed by atoms with Gasteiger partial charge in [-0.3, -0.25) is 0 Å². The molecule has 0 saturated heterocycles. The van der Waals surface area contributed by atoms with Gasteiger partial charge in [0.2, 0.25) is 20.0 Å². The van der Waals surface area contributed by atoms with Crippen LogP contribution in [0.15, 0.2) is 34.1 Å². The van der Waals surface area contributed by atoms with Crippen molar-refractivity contribution in [3.8, 4) is 0 Å². The van der Waals surface area contributed by atoms with Gasteiger partial charge in [0.05, 0.1) is 9.79 Å². The summed E-state index contributed by atoms with van der Waals surface area (Å²) >= 11 is 0. The summed E-state index contributed by atoms with van der Waals surface area (Å²) in [5.41, 5.74) is 0. The van der Waals surface area contributed by atoms with Gasteiger partial charge in [-0.2, -0.15) is 0 Å². The fourth-order valence-electron chi connectivity index (χ4n) is 1.18. The van der Waals surface area contributed by atoms with E-state index in [9.17, 15) is 21.6 Å². The van der Waals surface area contributed by atoms with Crippen LogP contribution < -0.4 is 9.86 Å². The third kappa shape index (κ3) is 4.25. The predicted molar refractivity (Wildman–Crippen MR) is 66.6 cm³/mol. The molecule has 5 N–H and O–H groups in total. The van der Waals surface area contributed by atoms with Crippen LogP contribution in [0.3, 0.4) is 0 Å². The fourth-order valence-corrected chi connectivity index (χ4v) is 2.90. The number of nitrogens with two attached hydrogens (primary N) is 1. The molecule has 0 aliphatic heterocycles. The molecule has 0 aliphatic carbocycles. The van der Waals surface area contributed by atoms with E-state index in [1.54, 1.807) is 0 Å². The third-order valence-electron chi connectivity index (χ3n) is 2.20. The highest BCUT2D eigenvalue weighted by Gasteiger charge is 2.20. The number of primary sulfonamides is 1. The number of aliphatic hydroxyl groups excluding tert-OH is 1. The lowest BCUT2D eigenvalue weighted by molar-refractivity contribution is -0.146. The first kappa shape index (κ1) is 16.5. The highest BCUT2D eigenvalue weighted by atomic mass is 32.2. The Morgan fingerprint density at radius 3 is 2.30 bits per heavy atom. The minimum atomic E-state index is -4.16. The van der Waals surface area contributed by atoms with Crippen molar-refractivity contribution in [1.82, 2.24) is 4.72 Å². The SMILES string of the molecule is NS(=O)(=O)c1cccc(S(=O)(=O)NC[C@H](O)C(=O)O)c1. The van der Waals surface area contributed by atoms with Crippen LogP contribution >= 0.6 is 0 Å². The van der Waals surface area contributed by atoms with E-state index in [1.807, 2.05) is 4.72 Å². The van der Waals surface area contributed by atoms with Crippen LogP contribution in [0, 0.1) is 0 Å². The number of carbonyl (C=O) groups is 1. The standard InChI is InChI=1S/C9H12N2O7S2/c10-19(15,16)6-2-1-3-7(4-6)20(17,18)11-5-8(12)9(13)14/h1-4,8,11-12H,5H2,(H,13,14)(H2,10,15,16)/t8-/m0/s1. The minimum Gasteiger partial charge on any atom is -0.479 e. The molecule has 1 rings (SSSR count). The highest BCUT2D eigenvalue weighted by Crippen LogP contribution is 2.14. The molecular weight excluding hydrogens is 312 g/mol. The van der Waals surface area contributed by atoms with E-state index >= 15 is 0 Å². The Kier molecular flexibility index (Phi) is 4.83. The molecule has 9 nitrogen and oxygen atoms in total.